The molecule has 0 aliphatic carbocycles. The van der Waals surface area contributed by atoms with E-state index in [9.17, 15) is 14.0 Å². The lowest BCUT2D eigenvalue weighted by Gasteiger charge is -2.14. The zero-order valence-corrected chi connectivity index (χ0v) is 13.4. The van der Waals surface area contributed by atoms with E-state index in [0.717, 1.165) is 0 Å². The Morgan fingerprint density at radius 2 is 1.87 bits per heavy atom. The van der Waals surface area contributed by atoms with E-state index in [4.69, 9.17) is 9.47 Å². The molecular weight excluding hydrogens is 301 g/mol. The lowest BCUT2D eigenvalue weighted by atomic mass is 10.1. The van der Waals surface area contributed by atoms with E-state index in [1.807, 2.05) is 0 Å². The SMILES string of the molecule is COC(=O)c1c(C)[nH]c(C(=O)[C@@H](C)Oc2ccccc2F)c1C. The first kappa shape index (κ1) is 16.7. The number of carbonyl (C=O) groups is 2. The number of H-pyrrole nitrogens is 1. The highest BCUT2D eigenvalue weighted by Gasteiger charge is 2.26. The molecule has 0 radical (unpaired) electrons. The van der Waals surface area contributed by atoms with Gasteiger partial charge in [-0.05, 0) is 38.5 Å². The second-order valence-corrected chi connectivity index (χ2v) is 5.17. The van der Waals surface area contributed by atoms with E-state index >= 15 is 0 Å². The molecule has 0 unspecified atom stereocenters. The third-order valence-electron chi connectivity index (χ3n) is 3.58. The minimum Gasteiger partial charge on any atom is -0.479 e. The van der Waals surface area contributed by atoms with Crippen molar-refractivity contribution in [1.29, 1.82) is 0 Å². The second-order valence-electron chi connectivity index (χ2n) is 5.17. The molecule has 23 heavy (non-hydrogen) atoms. The van der Waals surface area contributed by atoms with E-state index in [1.54, 1.807) is 19.9 Å². The Morgan fingerprint density at radius 1 is 1.22 bits per heavy atom. The van der Waals surface area contributed by atoms with Crippen molar-refractivity contribution in [2.45, 2.75) is 26.9 Å². The third-order valence-corrected chi connectivity index (χ3v) is 3.58. The van der Waals surface area contributed by atoms with Crippen LogP contribution in [0, 0.1) is 19.7 Å². The van der Waals surface area contributed by atoms with Gasteiger partial charge in [0, 0.05) is 5.69 Å². The van der Waals surface area contributed by atoms with Gasteiger partial charge in [-0.1, -0.05) is 12.1 Å². The van der Waals surface area contributed by atoms with Crippen LogP contribution in [0.25, 0.3) is 0 Å². The first-order valence-electron chi connectivity index (χ1n) is 7.09. The van der Waals surface area contributed by atoms with Crippen LogP contribution in [0.4, 0.5) is 4.39 Å². The van der Waals surface area contributed by atoms with Gasteiger partial charge in [-0.3, -0.25) is 4.79 Å². The van der Waals surface area contributed by atoms with E-state index in [-0.39, 0.29) is 17.2 Å². The average Bonchev–Trinajstić information content (AvgIpc) is 2.82. The molecule has 0 saturated carbocycles. The van der Waals surface area contributed by atoms with Crippen molar-refractivity contribution in [2.24, 2.45) is 0 Å². The Hall–Kier alpha value is -2.63. The minimum atomic E-state index is -0.908. The number of carbonyl (C=O) groups excluding carboxylic acids is 2. The van der Waals surface area contributed by atoms with Crippen LogP contribution < -0.4 is 4.74 Å². The summed E-state index contributed by atoms with van der Waals surface area (Å²) in [5, 5.41) is 0. The summed E-state index contributed by atoms with van der Waals surface area (Å²) in [6.45, 7) is 4.86. The number of halogens is 1. The van der Waals surface area contributed by atoms with Gasteiger partial charge in [0.15, 0.2) is 17.7 Å². The fourth-order valence-corrected chi connectivity index (χ4v) is 2.39. The number of Topliss-reactive ketones (excluding diaryl/α,β-unsaturated/α-hetero) is 1. The molecule has 5 nitrogen and oxygen atoms in total. The Morgan fingerprint density at radius 3 is 2.48 bits per heavy atom. The summed E-state index contributed by atoms with van der Waals surface area (Å²) in [4.78, 5) is 27.2. The topological polar surface area (TPSA) is 68.4 Å². The van der Waals surface area contributed by atoms with E-state index in [1.165, 1.54) is 32.2 Å². The molecule has 1 aromatic heterocycles. The normalized spacial score (nSPS) is 11.9. The number of nitrogens with one attached hydrogen (secondary N) is 1. The molecule has 1 N–H and O–H groups in total. The van der Waals surface area contributed by atoms with Crippen molar-refractivity contribution in [3.8, 4) is 5.75 Å². The summed E-state index contributed by atoms with van der Waals surface area (Å²) in [5.74, 6) is -1.42. The fraction of sp³-hybridized carbons (Fsp3) is 0.294. The first-order chi connectivity index (χ1) is 10.9. The lowest BCUT2D eigenvalue weighted by Crippen LogP contribution is -2.25. The largest absolute Gasteiger partial charge is 0.479 e. The minimum absolute atomic E-state index is 0.00229. The number of hydrogen-bond donors (Lipinski definition) is 1. The molecule has 1 aromatic carbocycles. The van der Waals surface area contributed by atoms with Crippen molar-refractivity contribution in [3.63, 3.8) is 0 Å². The summed E-state index contributed by atoms with van der Waals surface area (Å²) in [5.41, 5.74) is 1.61. The van der Waals surface area contributed by atoms with Gasteiger partial charge in [0.05, 0.1) is 18.4 Å². The molecule has 0 amide bonds. The molecule has 0 fully saturated rings. The molecule has 0 bridgehead atoms. The predicted molar refractivity (Wildman–Crippen MR) is 82.4 cm³/mol. The molecule has 1 heterocycles. The number of ketones is 1. The van der Waals surface area contributed by atoms with E-state index in [0.29, 0.717) is 16.8 Å². The number of ether oxygens (including phenoxy) is 2. The smallest absolute Gasteiger partial charge is 0.339 e. The number of esters is 1. The van der Waals surface area contributed by atoms with Crippen LogP contribution in [0.1, 0.15) is 39.0 Å². The van der Waals surface area contributed by atoms with Crippen molar-refractivity contribution in [3.05, 3.63) is 52.6 Å². The Kier molecular flexibility index (Phi) is 4.83. The zero-order valence-electron chi connectivity index (χ0n) is 13.4. The number of aromatic amines is 1. The maximum absolute atomic E-state index is 13.6. The van der Waals surface area contributed by atoms with E-state index in [2.05, 4.69) is 4.98 Å². The summed E-state index contributed by atoms with van der Waals surface area (Å²) in [7, 11) is 1.28. The van der Waals surface area contributed by atoms with Gasteiger partial charge in [0.2, 0.25) is 5.78 Å². The van der Waals surface area contributed by atoms with Crippen LogP contribution in [-0.2, 0) is 4.74 Å². The number of aromatic nitrogens is 1. The molecule has 0 aliphatic rings. The highest BCUT2D eigenvalue weighted by molar-refractivity contribution is 6.03. The van der Waals surface area contributed by atoms with Gasteiger partial charge in [0.25, 0.3) is 0 Å². The monoisotopic (exact) mass is 319 g/mol. The summed E-state index contributed by atoms with van der Waals surface area (Å²) < 4.78 is 23.7. The maximum Gasteiger partial charge on any atom is 0.339 e. The summed E-state index contributed by atoms with van der Waals surface area (Å²) in [6, 6.07) is 5.86. The molecular formula is C17H18FNO4. The van der Waals surface area contributed by atoms with Crippen LogP contribution in [0.15, 0.2) is 24.3 Å². The molecule has 0 aliphatic heterocycles. The molecule has 6 heteroatoms. The van der Waals surface area contributed by atoms with Gasteiger partial charge in [-0.15, -0.1) is 0 Å². The van der Waals surface area contributed by atoms with Gasteiger partial charge < -0.3 is 14.5 Å². The number of benzene rings is 1. The quantitative estimate of drug-likeness (QED) is 0.679. The van der Waals surface area contributed by atoms with E-state index < -0.39 is 17.9 Å². The van der Waals surface area contributed by atoms with Gasteiger partial charge in [-0.2, -0.15) is 0 Å². The predicted octanol–water partition coefficient (Wildman–Crippen LogP) is 3.21. The maximum atomic E-state index is 13.6. The number of aryl methyl sites for hydroxylation is 1. The van der Waals surface area contributed by atoms with Crippen LogP contribution in [0.2, 0.25) is 0 Å². The summed E-state index contributed by atoms with van der Waals surface area (Å²) >= 11 is 0. The zero-order chi connectivity index (χ0) is 17.1. The third kappa shape index (κ3) is 3.26. The van der Waals surface area contributed by atoms with Crippen molar-refractivity contribution < 1.29 is 23.5 Å². The Labute approximate surface area is 133 Å². The van der Waals surface area contributed by atoms with Gasteiger partial charge in [0.1, 0.15) is 0 Å². The number of rotatable bonds is 5. The summed E-state index contributed by atoms with van der Waals surface area (Å²) in [6.07, 6.45) is -0.908. The van der Waals surface area contributed by atoms with Gasteiger partial charge in [-0.25, -0.2) is 9.18 Å². The van der Waals surface area contributed by atoms with Crippen molar-refractivity contribution >= 4 is 11.8 Å². The molecule has 0 spiro atoms. The molecule has 122 valence electrons. The first-order valence-corrected chi connectivity index (χ1v) is 7.09. The number of para-hydroxylation sites is 1. The van der Waals surface area contributed by atoms with Crippen LogP contribution in [0.5, 0.6) is 5.75 Å². The molecule has 1 atom stereocenters. The lowest BCUT2D eigenvalue weighted by molar-refractivity contribution is 0.0599. The average molecular weight is 319 g/mol. The highest BCUT2D eigenvalue weighted by atomic mass is 19.1. The van der Waals surface area contributed by atoms with Gasteiger partial charge >= 0.3 is 5.97 Å². The number of methoxy groups -OCH3 is 1. The Bertz CT molecular complexity index is 751. The van der Waals surface area contributed by atoms with Crippen molar-refractivity contribution in [2.75, 3.05) is 7.11 Å². The van der Waals surface area contributed by atoms with Crippen LogP contribution in [-0.4, -0.2) is 30.0 Å². The molecule has 2 aromatic rings. The number of hydrogen-bond acceptors (Lipinski definition) is 4. The Balaban J connectivity index is 2.27. The van der Waals surface area contributed by atoms with Crippen LogP contribution in [0.3, 0.4) is 0 Å². The fourth-order valence-electron chi connectivity index (χ4n) is 2.39. The standard InChI is InChI=1S/C17H18FNO4/c1-9-14(17(21)22-4)10(2)19-15(9)16(20)11(3)23-13-8-6-5-7-12(13)18/h5-8,11,19H,1-4H3/t11-/m1/s1. The van der Waals surface area contributed by atoms with Crippen LogP contribution >= 0.6 is 0 Å². The van der Waals surface area contributed by atoms with Crippen molar-refractivity contribution in [1.82, 2.24) is 4.98 Å². The highest BCUT2D eigenvalue weighted by Crippen LogP contribution is 2.22. The second kappa shape index (κ2) is 6.64. The molecule has 0 saturated heterocycles. The molecule has 2 rings (SSSR count).